The van der Waals surface area contributed by atoms with Crippen LogP contribution in [-0.2, 0) is 68.7 Å². The number of ether oxygens (including phenoxy) is 2. The Labute approximate surface area is 519 Å². The molecular formula is C53H86N11NaO19S. The molecule has 1 aromatic rings. The number of hydrogen-bond acceptors (Lipinski definition) is 20. The number of thioether (sulfide) groups is 1. The van der Waals surface area contributed by atoms with Gasteiger partial charge in [-0.1, -0.05) is 46.2 Å². The molecular weight excluding hydrogens is 1150 g/mol. The number of esters is 1. The summed E-state index contributed by atoms with van der Waals surface area (Å²) in [7, 11) is 1.50. The van der Waals surface area contributed by atoms with Crippen LogP contribution in [-0.4, -0.2) is 243 Å². The van der Waals surface area contributed by atoms with Gasteiger partial charge in [-0.3, -0.25) is 57.5 Å². The molecule has 0 aliphatic carbocycles. The molecule has 11 amide bonds. The van der Waals surface area contributed by atoms with Crippen molar-refractivity contribution in [3.63, 3.8) is 0 Å². The average Bonchev–Trinajstić information content (AvgIpc) is 3.28. The maximum absolute atomic E-state index is 14.5. The van der Waals surface area contributed by atoms with Crippen molar-refractivity contribution in [2.24, 2.45) is 29.0 Å². The van der Waals surface area contributed by atoms with Gasteiger partial charge in [-0.25, -0.2) is 0 Å². The van der Waals surface area contributed by atoms with Gasteiger partial charge >= 0.3 is 35.5 Å². The number of methoxy groups -OCH3 is 1. The number of hydrogen-bond donors (Lipinski definition) is 15. The van der Waals surface area contributed by atoms with Crippen LogP contribution in [0.3, 0.4) is 0 Å². The second kappa shape index (κ2) is 39.5. The zero-order valence-corrected chi connectivity index (χ0v) is 49.0. The summed E-state index contributed by atoms with van der Waals surface area (Å²) in [4.78, 5) is 159. The molecule has 12 atom stereocenters. The third-order valence-corrected chi connectivity index (χ3v) is 14.5. The van der Waals surface area contributed by atoms with Crippen LogP contribution in [0.2, 0.25) is 0 Å². The van der Waals surface area contributed by atoms with Gasteiger partial charge in [-0.2, -0.15) is 11.8 Å². The predicted molar refractivity (Wildman–Crippen MR) is 308 cm³/mol. The van der Waals surface area contributed by atoms with E-state index in [1.807, 2.05) is 13.8 Å². The van der Waals surface area contributed by atoms with Crippen molar-refractivity contribution in [3.05, 3.63) is 29.8 Å². The maximum atomic E-state index is 14.5. The Hall–Kier alpha value is -6.19. The van der Waals surface area contributed by atoms with E-state index in [9.17, 15) is 67.7 Å². The zero-order chi connectivity index (χ0) is 63.4. The molecule has 0 bridgehead atoms. The summed E-state index contributed by atoms with van der Waals surface area (Å²) in [5.74, 6) is -9.38. The first-order chi connectivity index (χ1) is 39.6. The number of benzene rings is 1. The van der Waals surface area contributed by atoms with E-state index in [0.717, 1.165) is 6.92 Å². The molecule has 0 radical (unpaired) electrons. The summed E-state index contributed by atoms with van der Waals surface area (Å²) in [5, 5.41) is 63.0. The second-order valence-corrected chi connectivity index (χ2v) is 21.9. The Morgan fingerprint density at radius 1 is 0.788 bits per heavy atom. The molecule has 474 valence electrons. The van der Waals surface area contributed by atoms with Gasteiger partial charge in [0, 0.05) is 38.5 Å². The molecule has 30 nitrogen and oxygen atoms in total. The van der Waals surface area contributed by atoms with E-state index in [1.54, 1.807) is 38.1 Å². The molecule has 32 heteroatoms. The Kier molecular flexibility index (Phi) is 35.7. The minimum absolute atomic E-state index is 0. The summed E-state index contributed by atoms with van der Waals surface area (Å²) in [6.07, 6.45) is -6.40. The molecule has 18 N–H and O–H groups in total. The SMILES string of the molecule is CC(=O)O[C@@H]([C@H](O)[C@@H](O)CO)[C@H](O)CO.CC[C@H](C)[C@@H]1NC(=O)[C@H](Cc2ccc(OC)cc2)NC(=O)CCCSC[C@@H](C(=O)N2CCC[C@H]2C(=O)N[C@@H](CC(C)C)C(=O)NCC(N)=O)NC(=O)[C@H](CC(N)=O)NC(=O)[C@H](CCC(N)=O)NC1=O.[NaH]. The van der Waals surface area contributed by atoms with Gasteiger partial charge < -0.3 is 94.3 Å². The monoisotopic (exact) mass is 1240 g/mol. The summed E-state index contributed by atoms with van der Waals surface area (Å²) in [5.41, 5.74) is 16.8. The van der Waals surface area contributed by atoms with Gasteiger partial charge in [-0.05, 0) is 67.4 Å². The van der Waals surface area contributed by atoms with Crippen molar-refractivity contribution in [1.29, 1.82) is 0 Å². The second-order valence-electron chi connectivity index (χ2n) is 20.7. The number of carbonyl (C=O) groups is 12. The first kappa shape index (κ1) is 76.8. The Morgan fingerprint density at radius 3 is 1.95 bits per heavy atom. The molecule has 3 rings (SSSR count). The molecule has 2 aliphatic rings. The number of carbonyl (C=O) groups excluding carboxylic acids is 12. The zero-order valence-electron chi connectivity index (χ0n) is 48.2. The number of nitrogens with one attached hydrogen (secondary N) is 7. The van der Waals surface area contributed by atoms with E-state index in [2.05, 4.69) is 42.0 Å². The standard InChI is InChI=1S/C45H69N11O12S.C8H16O7.Na.H/c1-6-25(4)38-44(66)51-28(15-16-34(46)57)40(62)52-31(21-35(47)58)41(63)54-32(23-69-18-8-10-37(60)50-30(42(64)55-38)20-26-11-13-27(68-5)14-12-26)45(67)56-17-7-9-33(56)43(65)53-29(19-24(2)3)39(61)49-22-36(48)59;1-4(11)15-8(6(13)3-10)7(14)5(12)2-9;;/h11-14,24-25,28-33,38H,6-10,15-23H2,1-5H3,(H2,46,57)(H2,47,58)(H2,48,59)(H,49,61)(H,50,60)(H,51,66)(H,52,62)(H,53,65)(H,54,63)(H,55,64);5-10,12-14H,2-3H2,1H3;;/t25-,28-,29-,30-,31-,32-,33-,38-;5-,6+,7+,8+;;/m00../s1. The number of likely N-dealkylation sites (tertiary alicyclic amines) is 1. The molecule has 85 heavy (non-hydrogen) atoms. The third kappa shape index (κ3) is 27.4. The molecule has 0 spiro atoms. The summed E-state index contributed by atoms with van der Waals surface area (Å²) < 4.78 is 9.77. The topological polar surface area (TPSA) is 490 Å². The Morgan fingerprint density at radius 2 is 1.40 bits per heavy atom. The average molecular weight is 1240 g/mol. The van der Waals surface area contributed by atoms with Crippen LogP contribution in [0.5, 0.6) is 5.75 Å². The number of aliphatic hydroxyl groups excluding tert-OH is 5. The Balaban J connectivity index is 0.00000197. The molecule has 2 fully saturated rings. The number of primary amides is 3. The van der Waals surface area contributed by atoms with Crippen LogP contribution < -0.4 is 59.2 Å². The van der Waals surface area contributed by atoms with Gasteiger partial charge in [0.25, 0.3) is 0 Å². The first-order valence-corrected chi connectivity index (χ1v) is 28.6. The van der Waals surface area contributed by atoms with Crippen molar-refractivity contribution in [2.45, 2.75) is 166 Å². The summed E-state index contributed by atoms with van der Waals surface area (Å²) in [6.45, 7) is 6.30. The van der Waals surface area contributed by atoms with Gasteiger partial charge in [-0.15, -0.1) is 0 Å². The summed E-state index contributed by atoms with van der Waals surface area (Å²) in [6, 6.07) is -2.40. The van der Waals surface area contributed by atoms with Crippen molar-refractivity contribution in [2.75, 3.05) is 44.9 Å². The Bertz CT molecular complexity index is 2410. The number of nitrogens with two attached hydrogens (primary N) is 3. The molecule has 2 heterocycles. The van der Waals surface area contributed by atoms with Crippen LogP contribution in [0.15, 0.2) is 24.3 Å². The van der Waals surface area contributed by atoms with E-state index in [-0.39, 0.29) is 92.1 Å². The van der Waals surface area contributed by atoms with Crippen LogP contribution in [0.1, 0.15) is 98.0 Å². The third-order valence-electron chi connectivity index (χ3n) is 13.4. The van der Waals surface area contributed by atoms with E-state index < -0.39 is 176 Å². The normalized spacial score (nSPS) is 22.2. The molecule has 0 saturated carbocycles. The van der Waals surface area contributed by atoms with Crippen LogP contribution >= 0.6 is 11.8 Å². The first-order valence-electron chi connectivity index (χ1n) is 27.5. The number of rotatable bonds is 24. The van der Waals surface area contributed by atoms with Crippen molar-refractivity contribution in [3.8, 4) is 5.75 Å². The van der Waals surface area contributed by atoms with Crippen molar-refractivity contribution in [1.82, 2.24) is 42.1 Å². The van der Waals surface area contributed by atoms with Crippen LogP contribution in [0.25, 0.3) is 0 Å². The van der Waals surface area contributed by atoms with Gasteiger partial charge in [0.15, 0.2) is 6.10 Å². The fourth-order valence-corrected chi connectivity index (χ4v) is 9.66. The van der Waals surface area contributed by atoms with Gasteiger partial charge in [0.05, 0.1) is 33.3 Å². The fourth-order valence-electron chi connectivity index (χ4n) is 8.68. The van der Waals surface area contributed by atoms with Crippen LogP contribution in [0.4, 0.5) is 0 Å². The van der Waals surface area contributed by atoms with E-state index >= 15 is 0 Å². The van der Waals surface area contributed by atoms with Crippen molar-refractivity contribution < 1.29 is 92.5 Å². The van der Waals surface area contributed by atoms with E-state index in [1.165, 1.54) is 23.8 Å². The molecule has 0 unspecified atom stereocenters. The number of amides is 11. The summed E-state index contributed by atoms with van der Waals surface area (Å²) >= 11 is 1.18. The predicted octanol–water partition coefficient (Wildman–Crippen LogP) is -6.16. The molecule has 2 aliphatic heterocycles. The van der Waals surface area contributed by atoms with E-state index in [4.69, 9.17) is 37.3 Å². The quantitative estimate of drug-likeness (QED) is 0.0338. The molecule has 0 aromatic heterocycles. The number of nitrogens with zero attached hydrogens (tertiary/aromatic N) is 1. The van der Waals surface area contributed by atoms with Crippen molar-refractivity contribution >= 4 is 112 Å². The van der Waals surface area contributed by atoms with Gasteiger partial charge in [0.2, 0.25) is 65.0 Å². The van der Waals surface area contributed by atoms with E-state index in [0.29, 0.717) is 24.2 Å². The number of aliphatic hydroxyl groups is 5. The van der Waals surface area contributed by atoms with Crippen LogP contribution in [0, 0.1) is 11.8 Å². The molecule has 2 saturated heterocycles. The van der Waals surface area contributed by atoms with Gasteiger partial charge in [0.1, 0.15) is 66.4 Å². The minimum atomic E-state index is -1.71. The fraction of sp³-hybridized carbons (Fsp3) is 0.660. The molecule has 1 aromatic carbocycles.